The first-order valence-electron chi connectivity index (χ1n) is 27.2. The first kappa shape index (κ1) is 65.8. The molecular formula is C59H73N9O16. The van der Waals surface area contributed by atoms with Crippen LogP contribution >= 0.6 is 0 Å². The number of carbonyl (C=O) groups excluding carboxylic acids is 8. The number of hydrogen-bond acceptors (Lipinski definition) is 16. The topological polar surface area (TPSA) is 337 Å². The van der Waals surface area contributed by atoms with Crippen molar-refractivity contribution in [1.82, 2.24) is 26.6 Å². The van der Waals surface area contributed by atoms with Crippen molar-refractivity contribution in [3.8, 4) is 17.6 Å². The van der Waals surface area contributed by atoms with E-state index in [0.717, 1.165) is 16.7 Å². The molecule has 450 valence electrons. The number of hydrogen-bond donors (Lipinski definition) is 7. The molecule has 84 heavy (non-hydrogen) atoms. The smallest absolute Gasteiger partial charge is 0.429 e. The van der Waals surface area contributed by atoms with Crippen LogP contribution in [0.3, 0.4) is 0 Å². The van der Waals surface area contributed by atoms with Gasteiger partial charge in [0.2, 0.25) is 35.4 Å². The molecule has 0 radical (unpaired) electrons. The number of amides is 8. The van der Waals surface area contributed by atoms with E-state index >= 15 is 0 Å². The zero-order valence-electron chi connectivity index (χ0n) is 47.7. The molecule has 8 amide bonds. The number of ether oxygens (including phenoxy) is 6. The van der Waals surface area contributed by atoms with Crippen LogP contribution in [0, 0.1) is 27.9 Å². The third-order valence-corrected chi connectivity index (χ3v) is 12.3. The fourth-order valence-corrected chi connectivity index (χ4v) is 7.93. The van der Waals surface area contributed by atoms with Gasteiger partial charge in [0.25, 0.3) is 5.69 Å². The number of anilines is 2. The number of nitrogens with two attached hydrogens (primary N) is 1. The summed E-state index contributed by atoms with van der Waals surface area (Å²) in [7, 11) is 0. The van der Waals surface area contributed by atoms with Gasteiger partial charge in [0.1, 0.15) is 37.1 Å². The van der Waals surface area contributed by atoms with Crippen LogP contribution in [0.25, 0.3) is 0 Å². The van der Waals surface area contributed by atoms with Gasteiger partial charge in [0.05, 0.1) is 62.4 Å². The van der Waals surface area contributed by atoms with E-state index in [9.17, 15) is 48.5 Å². The molecule has 0 aromatic heterocycles. The lowest BCUT2D eigenvalue weighted by molar-refractivity contribution is -0.384. The average Bonchev–Trinajstić information content (AvgIpc) is 3.54. The third-order valence-electron chi connectivity index (χ3n) is 12.3. The lowest BCUT2D eigenvalue weighted by atomic mass is 10.0. The first-order chi connectivity index (χ1) is 40.1. The molecule has 0 spiro atoms. The van der Waals surface area contributed by atoms with Crippen molar-refractivity contribution in [1.29, 1.82) is 0 Å². The number of nitro groups is 1. The summed E-state index contributed by atoms with van der Waals surface area (Å²) in [5, 5.41) is 26.8. The predicted molar refractivity (Wildman–Crippen MR) is 307 cm³/mol. The minimum absolute atomic E-state index is 0.00268. The second-order valence-electron chi connectivity index (χ2n) is 20.4. The van der Waals surface area contributed by atoms with Crippen molar-refractivity contribution < 1.29 is 71.7 Å². The highest BCUT2D eigenvalue weighted by Crippen LogP contribution is 2.26. The lowest BCUT2D eigenvalue weighted by Crippen LogP contribution is -2.59. The van der Waals surface area contributed by atoms with Gasteiger partial charge in [-0.05, 0) is 93.1 Å². The number of nitro benzene ring substituents is 1. The Bertz CT molecular complexity index is 2960. The summed E-state index contributed by atoms with van der Waals surface area (Å²) in [5.41, 5.74) is 8.34. The molecule has 8 N–H and O–H groups in total. The standard InChI is InChI=1S/C59H73N9O16/c1-39(2)53(56(74)65-47(14-10-28-62-57(60)75)54(72)63-44-20-16-40(17-21-44)36-82-58(76)84-46-24-22-45(23-25-46)68(77)78)66-55(73)48(37-83-59(3,4)5)64-51(70)38-81-34-33-80-32-31-79-30-29-61-50(69)26-27-52(71)67-35-43-13-7-6-11-41(43)18-19-42-12-8-9-15-49(42)67/h6-9,11-13,15-17,20-25,39,47-48,53H,10,14,26-38H2,1-5H3,(H,61,69)(H,63,72)(H,64,70)(H,65,74)(H,66,73)(H3,60,62,75)/t47-,48-,53-/m0/s1. The van der Waals surface area contributed by atoms with E-state index in [0.29, 0.717) is 23.5 Å². The normalized spacial score (nSPS) is 12.7. The van der Waals surface area contributed by atoms with Gasteiger partial charge in [0.15, 0.2) is 0 Å². The van der Waals surface area contributed by atoms with Crippen molar-refractivity contribution in [3.63, 3.8) is 0 Å². The van der Waals surface area contributed by atoms with Gasteiger partial charge in [-0.15, -0.1) is 0 Å². The van der Waals surface area contributed by atoms with Crippen LogP contribution in [-0.4, -0.2) is 136 Å². The fourth-order valence-electron chi connectivity index (χ4n) is 7.93. The monoisotopic (exact) mass is 1160 g/mol. The predicted octanol–water partition coefficient (Wildman–Crippen LogP) is 4.52. The van der Waals surface area contributed by atoms with E-state index in [1.165, 1.54) is 36.4 Å². The SMILES string of the molecule is CC(C)[C@H](NC(=O)[C@H](COC(C)(C)C)NC(=O)COCCOCCOCCNC(=O)CCC(=O)N1Cc2ccccc2C#Cc2ccccc21)C(=O)N[C@@H](CCCNC(N)=O)C(=O)Nc1ccc(COC(=O)Oc2ccc([N+](=O)[O-])cc2)cc1. The number of urea groups is 1. The maximum absolute atomic E-state index is 13.9. The molecule has 1 aliphatic rings. The third kappa shape index (κ3) is 23.5. The molecule has 25 heteroatoms. The van der Waals surface area contributed by atoms with Crippen molar-refractivity contribution in [3.05, 3.63) is 129 Å². The Morgan fingerprint density at radius 3 is 2.04 bits per heavy atom. The van der Waals surface area contributed by atoms with Crippen molar-refractivity contribution in [2.24, 2.45) is 11.7 Å². The largest absolute Gasteiger partial charge is 0.514 e. The Kier molecular flexibility index (Phi) is 26.5. The van der Waals surface area contributed by atoms with Crippen LogP contribution in [0.1, 0.15) is 82.6 Å². The van der Waals surface area contributed by atoms with Crippen LogP contribution in [0.2, 0.25) is 0 Å². The Balaban J connectivity index is 1.01. The van der Waals surface area contributed by atoms with Gasteiger partial charge in [-0.1, -0.05) is 68.2 Å². The number of nitrogens with one attached hydrogen (secondary N) is 6. The van der Waals surface area contributed by atoms with Gasteiger partial charge in [-0.3, -0.25) is 38.9 Å². The summed E-state index contributed by atoms with van der Waals surface area (Å²) in [6, 6.07) is 21.7. The van der Waals surface area contributed by atoms with Gasteiger partial charge >= 0.3 is 12.2 Å². The molecule has 5 rings (SSSR count). The Labute approximate surface area is 486 Å². The Hall–Kier alpha value is -8.96. The highest BCUT2D eigenvalue weighted by atomic mass is 16.7. The first-order valence-corrected chi connectivity index (χ1v) is 27.2. The zero-order valence-corrected chi connectivity index (χ0v) is 47.7. The van der Waals surface area contributed by atoms with E-state index < -0.39 is 77.0 Å². The summed E-state index contributed by atoms with van der Waals surface area (Å²) in [5.74, 6) is 2.64. The number of nitrogens with zero attached hydrogens (tertiary/aromatic N) is 2. The maximum Gasteiger partial charge on any atom is 0.514 e. The quantitative estimate of drug-likeness (QED) is 0.00883. The molecule has 4 aromatic carbocycles. The molecule has 1 heterocycles. The van der Waals surface area contributed by atoms with Gasteiger partial charge in [-0.25, -0.2) is 9.59 Å². The molecule has 3 atom stereocenters. The Morgan fingerprint density at radius 2 is 1.36 bits per heavy atom. The molecule has 0 bridgehead atoms. The molecule has 0 saturated carbocycles. The lowest BCUT2D eigenvalue weighted by Gasteiger charge is -2.28. The number of rotatable bonds is 32. The van der Waals surface area contributed by atoms with Crippen LogP contribution < -0.4 is 47.3 Å². The zero-order chi connectivity index (χ0) is 61.0. The number of para-hydroxylation sites is 1. The van der Waals surface area contributed by atoms with E-state index in [1.54, 1.807) is 51.7 Å². The van der Waals surface area contributed by atoms with E-state index in [2.05, 4.69) is 43.7 Å². The van der Waals surface area contributed by atoms with Gasteiger partial charge in [0, 0.05) is 54.9 Å². The number of fused-ring (bicyclic) bond motifs is 2. The molecule has 0 saturated heterocycles. The Morgan fingerprint density at radius 1 is 0.702 bits per heavy atom. The van der Waals surface area contributed by atoms with Crippen molar-refractivity contribution >= 4 is 64.7 Å². The maximum atomic E-state index is 13.9. The fraction of sp³-hybridized carbons (Fsp3) is 0.424. The van der Waals surface area contributed by atoms with Crippen LogP contribution in [-0.2, 0) is 65.6 Å². The number of primary amides is 1. The molecule has 1 aliphatic heterocycles. The number of carbonyl (C=O) groups is 8. The van der Waals surface area contributed by atoms with Crippen molar-refractivity contribution in [2.75, 3.05) is 69.6 Å². The highest BCUT2D eigenvalue weighted by Gasteiger charge is 2.33. The number of non-ortho nitro benzene ring substituents is 1. The minimum atomic E-state index is -1.27. The van der Waals surface area contributed by atoms with Gasteiger partial charge < -0.3 is 71.0 Å². The molecule has 4 aromatic rings. The van der Waals surface area contributed by atoms with E-state index in [1.807, 2.05) is 48.5 Å². The van der Waals surface area contributed by atoms with Gasteiger partial charge in [-0.2, -0.15) is 0 Å². The summed E-state index contributed by atoms with van der Waals surface area (Å²) < 4.78 is 32.6. The molecular weight excluding hydrogens is 1090 g/mol. The van der Waals surface area contributed by atoms with Crippen LogP contribution in [0.5, 0.6) is 5.75 Å². The van der Waals surface area contributed by atoms with Crippen molar-refractivity contribution in [2.45, 2.75) is 97.2 Å². The second kappa shape index (κ2) is 33.8. The summed E-state index contributed by atoms with van der Waals surface area (Å²) in [6.07, 6.45) is -0.798. The number of benzene rings is 4. The molecule has 0 unspecified atom stereocenters. The molecule has 0 aliphatic carbocycles. The summed E-state index contributed by atoms with van der Waals surface area (Å²) in [4.78, 5) is 116. The van der Waals surface area contributed by atoms with E-state index in [4.69, 9.17) is 34.2 Å². The van der Waals surface area contributed by atoms with Crippen LogP contribution in [0.15, 0.2) is 97.1 Å². The minimum Gasteiger partial charge on any atom is -0.429 e. The average molecular weight is 1160 g/mol. The van der Waals surface area contributed by atoms with Crippen LogP contribution in [0.4, 0.5) is 26.7 Å². The summed E-state index contributed by atoms with van der Waals surface area (Å²) in [6.45, 7) is 9.13. The highest BCUT2D eigenvalue weighted by molar-refractivity contribution is 5.99. The molecule has 25 nitrogen and oxygen atoms in total. The second-order valence-corrected chi connectivity index (χ2v) is 20.4. The summed E-state index contributed by atoms with van der Waals surface area (Å²) >= 11 is 0. The van der Waals surface area contributed by atoms with E-state index in [-0.39, 0.29) is 108 Å². The molecule has 0 fully saturated rings.